The molecular formula is C21H28ClNO6. The Morgan fingerprint density at radius 1 is 1.07 bits per heavy atom. The number of aromatic hydroxyl groups is 1. The number of non-ortho nitro benzene ring substituents is 1. The maximum absolute atomic E-state index is 10.1. The van der Waals surface area contributed by atoms with Crippen LogP contribution in [0.15, 0.2) is 48.5 Å². The molecular weight excluding hydrogens is 398 g/mol. The standard InChI is InChI=1S/C7H8O.C6H4ClNO3.C6H10O2.C2H6/c8-6-7-4-2-1-3-5-7;7-5-3-4(8(10)11)1-2-6(5)9;1-3-7-6-2-4-8-5(1)6;1-2/h1-5,8H,6H2;1-3,9H;5-6H,1-4H2;1-2H3/t;;5-,6-;/m..1./s1. The average molecular weight is 426 g/mol. The summed E-state index contributed by atoms with van der Waals surface area (Å²) >= 11 is 5.40. The van der Waals surface area contributed by atoms with Gasteiger partial charge in [0, 0.05) is 25.3 Å². The minimum absolute atomic E-state index is 0.0146. The molecule has 2 aromatic rings. The van der Waals surface area contributed by atoms with E-state index in [1.54, 1.807) is 0 Å². The van der Waals surface area contributed by atoms with Crippen LogP contribution >= 0.6 is 11.6 Å². The number of hydrogen-bond acceptors (Lipinski definition) is 6. The van der Waals surface area contributed by atoms with Crippen molar-refractivity contribution in [3.8, 4) is 5.75 Å². The van der Waals surface area contributed by atoms with Crippen LogP contribution in [-0.4, -0.2) is 40.6 Å². The van der Waals surface area contributed by atoms with E-state index in [1.165, 1.54) is 12.1 Å². The molecule has 2 heterocycles. The maximum atomic E-state index is 10.1. The van der Waals surface area contributed by atoms with Crippen LogP contribution in [0.3, 0.4) is 0 Å². The van der Waals surface area contributed by atoms with Crippen molar-refractivity contribution in [3.05, 3.63) is 69.2 Å². The van der Waals surface area contributed by atoms with Crippen molar-refractivity contribution in [2.45, 2.75) is 45.5 Å². The van der Waals surface area contributed by atoms with E-state index in [2.05, 4.69) is 0 Å². The van der Waals surface area contributed by atoms with Gasteiger partial charge in [0.1, 0.15) is 5.75 Å². The fourth-order valence-corrected chi connectivity index (χ4v) is 2.79. The third-order valence-corrected chi connectivity index (χ3v) is 4.35. The molecule has 0 bridgehead atoms. The highest BCUT2D eigenvalue weighted by Crippen LogP contribution is 2.27. The second-order valence-corrected chi connectivity index (χ2v) is 6.34. The van der Waals surface area contributed by atoms with E-state index in [0.29, 0.717) is 12.2 Å². The number of fused-ring (bicyclic) bond motifs is 1. The lowest BCUT2D eigenvalue weighted by Gasteiger charge is -2.03. The molecule has 29 heavy (non-hydrogen) atoms. The Bertz CT molecular complexity index is 708. The first-order valence-electron chi connectivity index (χ1n) is 9.52. The Kier molecular flexibility index (Phi) is 11.9. The number of ether oxygens (including phenoxy) is 2. The molecule has 160 valence electrons. The molecule has 7 nitrogen and oxygen atoms in total. The second-order valence-electron chi connectivity index (χ2n) is 5.93. The summed E-state index contributed by atoms with van der Waals surface area (Å²) in [4.78, 5) is 9.55. The fourth-order valence-electron chi connectivity index (χ4n) is 2.62. The lowest BCUT2D eigenvalue weighted by molar-refractivity contribution is -0.384. The molecule has 0 unspecified atom stereocenters. The Morgan fingerprint density at radius 2 is 1.62 bits per heavy atom. The zero-order chi connectivity index (χ0) is 21.6. The zero-order valence-electron chi connectivity index (χ0n) is 16.7. The minimum Gasteiger partial charge on any atom is -0.506 e. The van der Waals surface area contributed by atoms with Crippen LogP contribution in [0.25, 0.3) is 0 Å². The van der Waals surface area contributed by atoms with Crippen LogP contribution < -0.4 is 0 Å². The molecule has 0 amide bonds. The van der Waals surface area contributed by atoms with Crippen molar-refractivity contribution in [1.29, 1.82) is 0 Å². The Labute approximate surface area is 176 Å². The smallest absolute Gasteiger partial charge is 0.271 e. The molecule has 2 N–H and O–H groups in total. The second kappa shape index (κ2) is 13.9. The highest BCUT2D eigenvalue weighted by Gasteiger charge is 2.33. The van der Waals surface area contributed by atoms with Gasteiger partial charge in [0.2, 0.25) is 0 Å². The minimum atomic E-state index is -0.578. The third-order valence-electron chi connectivity index (χ3n) is 4.05. The lowest BCUT2D eigenvalue weighted by Crippen LogP contribution is -2.13. The number of aliphatic hydroxyl groups is 1. The van der Waals surface area contributed by atoms with Gasteiger partial charge >= 0.3 is 0 Å². The van der Waals surface area contributed by atoms with Gasteiger partial charge in [0.05, 0.1) is 28.8 Å². The molecule has 2 aromatic carbocycles. The van der Waals surface area contributed by atoms with Gasteiger partial charge in [0.15, 0.2) is 0 Å². The molecule has 0 radical (unpaired) electrons. The predicted molar refractivity (Wildman–Crippen MR) is 112 cm³/mol. The SMILES string of the molecule is C1C[C@H]2OCC[C@H]2O1.CC.O=[N+]([O-])c1ccc(O)c(Cl)c1.OCc1ccccc1. The Balaban J connectivity index is 0.000000211. The van der Waals surface area contributed by atoms with Crippen LogP contribution in [0.1, 0.15) is 32.3 Å². The van der Waals surface area contributed by atoms with Gasteiger partial charge in [-0.05, 0) is 24.5 Å². The van der Waals surface area contributed by atoms with E-state index < -0.39 is 4.92 Å². The number of benzene rings is 2. The summed E-state index contributed by atoms with van der Waals surface area (Å²) in [5.41, 5.74) is 0.834. The highest BCUT2D eigenvalue weighted by molar-refractivity contribution is 6.32. The summed E-state index contributed by atoms with van der Waals surface area (Å²) in [5, 5.41) is 27.5. The van der Waals surface area contributed by atoms with Gasteiger partial charge in [-0.15, -0.1) is 0 Å². The normalized spacial score (nSPS) is 18.8. The molecule has 2 atom stereocenters. The van der Waals surface area contributed by atoms with Gasteiger partial charge in [-0.1, -0.05) is 55.8 Å². The quantitative estimate of drug-likeness (QED) is 0.533. The van der Waals surface area contributed by atoms with E-state index in [9.17, 15) is 10.1 Å². The predicted octanol–water partition coefficient (Wildman–Crippen LogP) is 4.72. The number of phenolic OH excluding ortho intramolecular Hbond substituents is 1. The van der Waals surface area contributed by atoms with Crippen molar-refractivity contribution < 1.29 is 24.6 Å². The van der Waals surface area contributed by atoms with Crippen molar-refractivity contribution in [2.75, 3.05) is 13.2 Å². The molecule has 2 saturated heterocycles. The number of phenols is 1. The van der Waals surface area contributed by atoms with E-state index >= 15 is 0 Å². The summed E-state index contributed by atoms with van der Waals surface area (Å²) < 4.78 is 10.7. The molecule has 4 rings (SSSR count). The number of hydrogen-bond donors (Lipinski definition) is 2. The number of aliphatic hydroxyl groups excluding tert-OH is 1. The largest absolute Gasteiger partial charge is 0.506 e. The molecule has 0 spiro atoms. The molecule has 2 aliphatic rings. The zero-order valence-corrected chi connectivity index (χ0v) is 17.4. The first-order valence-corrected chi connectivity index (χ1v) is 9.90. The summed E-state index contributed by atoms with van der Waals surface area (Å²) in [6.45, 7) is 5.96. The van der Waals surface area contributed by atoms with E-state index in [4.69, 9.17) is 31.3 Å². The first kappa shape index (κ1) is 24.8. The summed E-state index contributed by atoms with van der Waals surface area (Å²) in [6, 6.07) is 13.0. The molecule has 2 fully saturated rings. The summed E-state index contributed by atoms with van der Waals surface area (Å²) in [6.07, 6.45) is 3.14. The van der Waals surface area contributed by atoms with Crippen molar-refractivity contribution >= 4 is 17.3 Å². The van der Waals surface area contributed by atoms with Gasteiger partial charge in [-0.3, -0.25) is 10.1 Å². The van der Waals surface area contributed by atoms with Crippen molar-refractivity contribution in [2.24, 2.45) is 0 Å². The number of nitro benzene ring substituents is 1. The summed E-state index contributed by atoms with van der Waals surface area (Å²) in [7, 11) is 0. The van der Waals surface area contributed by atoms with Crippen LogP contribution in [0.4, 0.5) is 5.69 Å². The van der Waals surface area contributed by atoms with Crippen LogP contribution in [0, 0.1) is 10.1 Å². The van der Waals surface area contributed by atoms with Crippen LogP contribution in [0.2, 0.25) is 5.02 Å². The highest BCUT2D eigenvalue weighted by atomic mass is 35.5. The molecule has 0 saturated carbocycles. The van der Waals surface area contributed by atoms with Crippen LogP contribution in [0.5, 0.6) is 5.75 Å². The summed E-state index contributed by atoms with van der Waals surface area (Å²) in [5.74, 6) is -0.155. The van der Waals surface area contributed by atoms with Crippen LogP contribution in [-0.2, 0) is 16.1 Å². The number of nitro groups is 1. The maximum Gasteiger partial charge on any atom is 0.271 e. The Morgan fingerprint density at radius 3 is 2.03 bits per heavy atom. The van der Waals surface area contributed by atoms with Gasteiger partial charge in [0.25, 0.3) is 5.69 Å². The topological polar surface area (TPSA) is 102 Å². The average Bonchev–Trinajstić information content (AvgIpc) is 3.38. The fraction of sp³-hybridized carbons (Fsp3) is 0.429. The van der Waals surface area contributed by atoms with E-state index in [-0.39, 0.29) is 23.1 Å². The molecule has 2 aliphatic heterocycles. The Hall–Kier alpha value is -2.19. The van der Waals surface area contributed by atoms with Gasteiger partial charge < -0.3 is 19.7 Å². The van der Waals surface area contributed by atoms with Crippen molar-refractivity contribution in [1.82, 2.24) is 0 Å². The first-order chi connectivity index (χ1) is 14.0. The third kappa shape index (κ3) is 8.79. The molecule has 8 heteroatoms. The number of rotatable bonds is 2. The monoisotopic (exact) mass is 425 g/mol. The van der Waals surface area contributed by atoms with Gasteiger partial charge in [-0.2, -0.15) is 0 Å². The van der Waals surface area contributed by atoms with E-state index in [0.717, 1.165) is 37.7 Å². The van der Waals surface area contributed by atoms with Crippen molar-refractivity contribution in [3.63, 3.8) is 0 Å². The van der Waals surface area contributed by atoms with E-state index in [1.807, 2.05) is 44.2 Å². The number of nitrogens with zero attached hydrogens (tertiary/aromatic N) is 1. The van der Waals surface area contributed by atoms with Gasteiger partial charge in [-0.25, -0.2) is 0 Å². The molecule has 0 aromatic heterocycles. The molecule has 0 aliphatic carbocycles. The number of halogens is 1. The lowest BCUT2D eigenvalue weighted by atomic mass is 10.2.